The number of ether oxygens (including phenoxy) is 2. The lowest BCUT2D eigenvalue weighted by Crippen LogP contribution is -2.44. The molecule has 3 aromatic rings. The van der Waals surface area contributed by atoms with E-state index in [-0.39, 0.29) is 11.9 Å². The summed E-state index contributed by atoms with van der Waals surface area (Å²) in [7, 11) is 0. The number of carbonyl (C=O) groups excluding carboxylic acids is 1. The Morgan fingerprint density at radius 3 is 2.71 bits per heavy atom. The van der Waals surface area contributed by atoms with E-state index >= 15 is 0 Å². The number of morpholine rings is 1. The fraction of sp³-hybridized carbons (Fsp3) is 0.462. The van der Waals surface area contributed by atoms with E-state index in [0.717, 1.165) is 47.8 Å². The Hall–Kier alpha value is -3.30. The van der Waals surface area contributed by atoms with Crippen molar-refractivity contribution in [1.29, 1.82) is 0 Å². The van der Waals surface area contributed by atoms with Crippen molar-refractivity contribution in [3.63, 3.8) is 0 Å². The molecule has 1 saturated carbocycles. The molecule has 0 spiro atoms. The average Bonchev–Trinajstić information content (AvgIpc) is 3.73. The number of aromatic nitrogens is 3. The number of hydrogen-bond acceptors (Lipinski definition) is 8. The van der Waals surface area contributed by atoms with Crippen molar-refractivity contribution in [2.24, 2.45) is 5.92 Å². The van der Waals surface area contributed by atoms with Crippen LogP contribution < -0.4 is 15.4 Å². The lowest BCUT2D eigenvalue weighted by molar-refractivity contribution is 0.0160. The summed E-state index contributed by atoms with van der Waals surface area (Å²) in [6, 6.07) is 9.90. The highest BCUT2D eigenvalue weighted by atomic mass is 16.5. The third-order valence-electron chi connectivity index (χ3n) is 6.49. The maximum Gasteiger partial charge on any atom is 0.316 e. The zero-order chi connectivity index (χ0) is 24.0. The largest absolute Gasteiger partial charge is 0.464 e. The molecule has 9 nitrogen and oxygen atoms in total. The van der Waals surface area contributed by atoms with Crippen molar-refractivity contribution in [2.75, 3.05) is 51.3 Å². The van der Waals surface area contributed by atoms with Crippen LogP contribution in [0.3, 0.4) is 0 Å². The first-order chi connectivity index (χ1) is 17.2. The van der Waals surface area contributed by atoms with Gasteiger partial charge in [-0.15, -0.1) is 0 Å². The Morgan fingerprint density at radius 2 is 1.97 bits per heavy atom. The van der Waals surface area contributed by atoms with Crippen LogP contribution in [0.4, 0.5) is 5.82 Å². The predicted octanol–water partition coefficient (Wildman–Crippen LogP) is 3.05. The Bertz CT molecular complexity index is 1150. The number of carbonyl (C=O) groups is 1. The fourth-order valence-corrected chi connectivity index (χ4v) is 4.36. The van der Waals surface area contributed by atoms with Crippen LogP contribution >= 0.6 is 0 Å². The quantitative estimate of drug-likeness (QED) is 0.460. The summed E-state index contributed by atoms with van der Waals surface area (Å²) in [5.74, 6) is 1.50. The number of pyridine rings is 1. The van der Waals surface area contributed by atoms with Crippen LogP contribution in [0.1, 0.15) is 41.7 Å². The average molecular weight is 477 g/mol. The number of nitrogens with zero attached hydrogens (tertiary/aromatic N) is 4. The minimum absolute atomic E-state index is 0.0649. The Balaban J connectivity index is 1.31. The molecule has 1 aromatic carbocycles. The van der Waals surface area contributed by atoms with E-state index in [1.54, 1.807) is 12.4 Å². The summed E-state index contributed by atoms with van der Waals surface area (Å²) in [5, 5.41) is 7.39. The molecule has 2 aromatic heterocycles. The first-order valence-corrected chi connectivity index (χ1v) is 12.4. The van der Waals surface area contributed by atoms with Gasteiger partial charge in [0.15, 0.2) is 0 Å². The third kappa shape index (κ3) is 5.86. The first kappa shape index (κ1) is 23.4. The van der Waals surface area contributed by atoms with Crippen molar-refractivity contribution in [2.45, 2.75) is 25.8 Å². The molecule has 184 valence electrons. The van der Waals surface area contributed by atoms with Crippen LogP contribution in [-0.2, 0) is 4.74 Å². The van der Waals surface area contributed by atoms with Crippen molar-refractivity contribution in [3.05, 3.63) is 53.9 Å². The second-order valence-corrected chi connectivity index (χ2v) is 9.00. The van der Waals surface area contributed by atoms with E-state index in [1.165, 1.54) is 12.8 Å². The summed E-state index contributed by atoms with van der Waals surface area (Å²) >= 11 is 0. The second kappa shape index (κ2) is 11.0. The molecule has 2 fully saturated rings. The van der Waals surface area contributed by atoms with Gasteiger partial charge in [-0.3, -0.25) is 9.69 Å². The van der Waals surface area contributed by atoms with Gasteiger partial charge >= 0.3 is 6.01 Å². The molecule has 9 heteroatoms. The lowest BCUT2D eigenvalue weighted by atomic mass is 10.1. The molecule has 2 N–H and O–H groups in total. The fourth-order valence-electron chi connectivity index (χ4n) is 4.36. The van der Waals surface area contributed by atoms with Gasteiger partial charge in [0.25, 0.3) is 5.91 Å². The molecule has 1 aliphatic heterocycles. The van der Waals surface area contributed by atoms with Gasteiger partial charge in [0.1, 0.15) is 5.82 Å². The molecule has 1 aliphatic carbocycles. The normalized spacial score (nSPS) is 17.2. The first-order valence-electron chi connectivity index (χ1n) is 12.4. The molecule has 0 bridgehead atoms. The van der Waals surface area contributed by atoms with Gasteiger partial charge in [-0.05, 0) is 49.9 Å². The highest BCUT2D eigenvalue weighted by Gasteiger charge is 2.25. The van der Waals surface area contributed by atoms with Crippen LogP contribution in [0.25, 0.3) is 10.9 Å². The van der Waals surface area contributed by atoms with Crippen molar-refractivity contribution < 1.29 is 14.3 Å². The van der Waals surface area contributed by atoms with Gasteiger partial charge in [0.2, 0.25) is 0 Å². The van der Waals surface area contributed by atoms with Gasteiger partial charge in [0.05, 0.1) is 31.4 Å². The van der Waals surface area contributed by atoms with Gasteiger partial charge in [-0.1, -0.05) is 6.07 Å². The van der Waals surface area contributed by atoms with Crippen molar-refractivity contribution in [1.82, 2.24) is 25.2 Å². The van der Waals surface area contributed by atoms with Crippen LogP contribution in [-0.4, -0.2) is 71.8 Å². The second-order valence-electron chi connectivity index (χ2n) is 9.00. The number of fused-ring (bicyclic) bond motifs is 1. The standard InChI is InChI=1S/C26H32N6O3/c1-2-35-26-29-15-19(16-30-26)23(32-10-12-34-13-11-32)17-28-25(33)21-4-3-5-22-20(21)8-9-24(31-22)27-14-18-6-7-18/h3-5,8-9,15-16,18,23H,2,6-7,10-14,17H2,1H3,(H,27,31)(H,28,33). The summed E-state index contributed by atoms with van der Waals surface area (Å²) < 4.78 is 10.9. The third-order valence-corrected chi connectivity index (χ3v) is 6.49. The molecule has 1 unspecified atom stereocenters. The molecular formula is C26H32N6O3. The van der Waals surface area contributed by atoms with E-state index in [1.807, 2.05) is 37.3 Å². The van der Waals surface area contributed by atoms with E-state index < -0.39 is 0 Å². The summed E-state index contributed by atoms with van der Waals surface area (Å²) in [6.07, 6.45) is 6.14. The Kier molecular flexibility index (Phi) is 7.34. The highest BCUT2D eigenvalue weighted by molar-refractivity contribution is 6.06. The molecule has 2 aliphatic rings. The summed E-state index contributed by atoms with van der Waals surface area (Å²) in [6.45, 7) is 6.68. The van der Waals surface area contributed by atoms with E-state index in [0.29, 0.717) is 37.9 Å². The smallest absolute Gasteiger partial charge is 0.316 e. The monoisotopic (exact) mass is 476 g/mol. The van der Waals surface area contributed by atoms with E-state index in [2.05, 4.69) is 25.5 Å². The molecule has 1 saturated heterocycles. The van der Waals surface area contributed by atoms with Gasteiger partial charge in [-0.2, -0.15) is 0 Å². The van der Waals surface area contributed by atoms with Crippen LogP contribution in [0, 0.1) is 5.92 Å². The number of amides is 1. The number of hydrogen-bond donors (Lipinski definition) is 2. The zero-order valence-corrected chi connectivity index (χ0v) is 20.1. The van der Waals surface area contributed by atoms with Crippen molar-refractivity contribution in [3.8, 4) is 6.01 Å². The SMILES string of the molecule is CCOc1ncc(C(CNC(=O)c2cccc3nc(NCC4CC4)ccc23)N2CCOCC2)cn1. The minimum Gasteiger partial charge on any atom is -0.464 e. The van der Waals surface area contributed by atoms with Gasteiger partial charge in [0, 0.05) is 55.1 Å². The minimum atomic E-state index is -0.124. The number of nitrogens with one attached hydrogen (secondary N) is 2. The van der Waals surface area contributed by atoms with E-state index in [4.69, 9.17) is 14.5 Å². The predicted molar refractivity (Wildman–Crippen MR) is 134 cm³/mol. The Morgan fingerprint density at radius 1 is 1.17 bits per heavy atom. The molecule has 5 rings (SSSR count). The van der Waals surface area contributed by atoms with Gasteiger partial charge < -0.3 is 20.1 Å². The van der Waals surface area contributed by atoms with Crippen LogP contribution in [0.2, 0.25) is 0 Å². The molecule has 35 heavy (non-hydrogen) atoms. The molecule has 0 radical (unpaired) electrons. The van der Waals surface area contributed by atoms with Crippen LogP contribution in [0.5, 0.6) is 6.01 Å². The number of rotatable bonds is 10. The maximum absolute atomic E-state index is 13.3. The molecule has 3 heterocycles. The Labute approximate surface area is 205 Å². The summed E-state index contributed by atoms with van der Waals surface area (Å²) in [5.41, 5.74) is 2.36. The topological polar surface area (TPSA) is 102 Å². The van der Waals surface area contributed by atoms with Gasteiger partial charge in [-0.25, -0.2) is 15.0 Å². The number of anilines is 1. The van der Waals surface area contributed by atoms with E-state index in [9.17, 15) is 4.79 Å². The zero-order valence-electron chi connectivity index (χ0n) is 20.1. The number of benzene rings is 1. The molecule has 1 atom stereocenters. The molecule has 1 amide bonds. The van der Waals surface area contributed by atoms with Crippen LogP contribution in [0.15, 0.2) is 42.7 Å². The lowest BCUT2D eigenvalue weighted by Gasteiger charge is -2.34. The highest BCUT2D eigenvalue weighted by Crippen LogP contribution is 2.29. The maximum atomic E-state index is 13.3. The molecular weight excluding hydrogens is 444 g/mol. The van der Waals surface area contributed by atoms with Crippen molar-refractivity contribution >= 4 is 22.6 Å². The summed E-state index contributed by atoms with van der Waals surface area (Å²) in [4.78, 5) is 28.9.